The molecule has 102 valence electrons. The number of nitrogens with zero attached hydrogens (tertiary/aromatic N) is 1. The van der Waals surface area contributed by atoms with Gasteiger partial charge >= 0.3 is 0 Å². The van der Waals surface area contributed by atoms with Crippen LogP contribution in [0, 0.1) is 19.8 Å². The Balaban J connectivity index is 2.61. The Kier molecular flexibility index (Phi) is 5.83. The maximum absolute atomic E-state index is 10.3. The number of likely N-dealkylation sites (N-methyl/N-ethyl adjacent to an activating group) is 1. The van der Waals surface area contributed by atoms with Crippen molar-refractivity contribution in [2.75, 3.05) is 20.1 Å². The lowest BCUT2D eigenvalue weighted by molar-refractivity contribution is 0.119. The van der Waals surface area contributed by atoms with Crippen molar-refractivity contribution in [1.82, 2.24) is 4.90 Å². The number of aliphatic hydroxyl groups is 1. The van der Waals surface area contributed by atoms with E-state index in [0.29, 0.717) is 12.5 Å². The number of aliphatic hydroxyl groups excluding tert-OH is 1. The summed E-state index contributed by atoms with van der Waals surface area (Å²) < 4.78 is 0. The Morgan fingerprint density at radius 2 is 1.89 bits per heavy atom. The summed E-state index contributed by atoms with van der Waals surface area (Å²) in [6.07, 6.45) is 0.795. The summed E-state index contributed by atoms with van der Waals surface area (Å²) >= 11 is 0. The van der Waals surface area contributed by atoms with E-state index in [-0.39, 0.29) is 6.10 Å². The molecule has 0 saturated carbocycles. The zero-order valence-electron chi connectivity index (χ0n) is 12.4. The SMILES string of the molecule is CCC(C)CN(C)CC(O)c1ccc(C)cc1C. The summed E-state index contributed by atoms with van der Waals surface area (Å²) in [4.78, 5) is 2.22. The molecule has 0 aliphatic rings. The van der Waals surface area contributed by atoms with Crippen LogP contribution in [0.1, 0.15) is 43.1 Å². The molecule has 2 unspecified atom stereocenters. The normalized spacial score (nSPS) is 14.8. The molecule has 0 aliphatic heterocycles. The highest BCUT2D eigenvalue weighted by Crippen LogP contribution is 2.20. The molecule has 0 amide bonds. The van der Waals surface area contributed by atoms with Crippen LogP contribution in [0.15, 0.2) is 18.2 Å². The van der Waals surface area contributed by atoms with E-state index >= 15 is 0 Å². The van der Waals surface area contributed by atoms with Gasteiger partial charge in [-0.1, -0.05) is 44.0 Å². The van der Waals surface area contributed by atoms with Crippen LogP contribution in [-0.4, -0.2) is 30.1 Å². The number of hydrogen-bond donors (Lipinski definition) is 1. The van der Waals surface area contributed by atoms with Crippen LogP contribution in [0.5, 0.6) is 0 Å². The third-order valence-corrected chi connectivity index (χ3v) is 3.59. The standard InChI is InChI=1S/C16H27NO/c1-6-12(2)10-17(5)11-16(18)15-8-7-13(3)9-14(15)4/h7-9,12,16,18H,6,10-11H2,1-5H3. The van der Waals surface area contributed by atoms with Gasteiger partial charge in [0.2, 0.25) is 0 Å². The maximum atomic E-state index is 10.3. The van der Waals surface area contributed by atoms with Crippen molar-refractivity contribution >= 4 is 0 Å². The molecule has 0 aliphatic carbocycles. The fourth-order valence-corrected chi connectivity index (χ4v) is 2.33. The van der Waals surface area contributed by atoms with Gasteiger partial charge in [0, 0.05) is 13.1 Å². The van der Waals surface area contributed by atoms with E-state index in [9.17, 15) is 5.11 Å². The molecule has 0 bridgehead atoms. The molecular formula is C16H27NO. The van der Waals surface area contributed by atoms with E-state index in [1.54, 1.807) is 0 Å². The van der Waals surface area contributed by atoms with Crippen LogP contribution in [-0.2, 0) is 0 Å². The first-order valence-corrected chi connectivity index (χ1v) is 6.87. The van der Waals surface area contributed by atoms with Crippen LogP contribution in [0.25, 0.3) is 0 Å². The van der Waals surface area contributed by atoms with Gasteiger partial charge in [-0.15, -0.1) is 0 Å². The zero-order chi connectivity index (χ0) is 13.7. The molecule has 2 atom stereocenters. The number of benzene rings is 1. The van der Waals surface area contributed by atoms with E-state index < -0.39 is 0 Å². The van der Waals surface area contributed by atoms with E-state index in [2.05, 4.69) is 51.8 Å². The lowest BCUT2D eigenvalue weighted by Gasteiger charge is -2.24. The highest BCUT2D eigenvalue weighted by Gasteiger charge is 2.14. The molecule has 2 heteroatoms. The van der Waals surface area contributed by atoms with Crippen molar-refractivity contribution in [3.05, 3.63) is 34.9 Å². The van der Waals surface area contributed by atoms with Crippen molar-refractivity contribution < 1.29 is 5.11 Å². The molecule has 1 rings (SSSR count). The Hall–Kier alpha value is -0.860. The van der Waals surface area contributed by atoms with E-state index in [1.807, 2.05) is 6.07 Å². The Morgan fingerprint density at radius 3 is 2.44 bits per heavy atom. The monoisotopic (exact) mass is 249 g/mol. The molecule has 2 nitrogen and oxygen atoms in total. The zero-order valence-corrected chi connectivity index (χ0v) is 12.4. The molecule has 0 radical (unpaired) electrons. The van der Waals surface area contributed by atoms with Crippen LogP contribution in [0.4, 0.5) is 0 Å². The quantitative estimate of drug-likeness (QED) is 0.836. The predicted molar refractivity (Wildman–Crippen MR) is 77.8 cm³/mol. The second-order valence-corrected chi connectivity index (χ2v) is 5.61. The maximum Gasteiger partial charge on any atom is 0.0919 e. The fraction of sp³-hybridized carbons (Fsp3) is 0.625. The van der Waals surface area contributed by atoms with Crippen molar-refractivity contribution in [2.24, 2.45) is 5.92 Å². The van der Waals surface area contributed by atoms with Gasteiger partial charge in [0.15, 0.2) is 0 Å². The van der Waals surface area contributed by atoms with Crippen molar-refractivity contribution in [2.45, 2.75) is 40.2 Å². The smallest absolute Gasteiger partial charge is 0.0919 e. The van der Waals surface area contributed by atoms with Crippen LogP contribution < -0.4 is 0 Å². The summed E-state index contributed by atoms with van der Waals surface area (Å²) in [6.45, 7) is 10.4. The average molecular weight is 249 g/mol. The molecule has 0 fully saturated rings. The lowest BCUT2D eigenvalue weighted by atomic mass is 10.0. The third-order valence-electron chi connectivity index (χ3n) is 3.59. The highest BCUT2D eigenvalue weighted by molar-refractivity contribution is 5.32. The lowest BCUT2D eigenvalue weighted by Crippen LogP contribution is -2.29. The molecule has 0 heterocycles. The molecule has 0 saturated heterocycles. The second-order valence-electron chi connectivity index (χ2n) is 5.61. The summed E-state index contributed by atoms with van der Waals surface area (Å²) in [5.74, 6) is 0.682. The van der Waals surface area contributed by atoms with Crippen LogP contribution in [0.3, 0.4) is 0 Å². The van der Waals surface area contributed by atoms with Gasteiger partial charge in [-0.2, -0.15) is 0 Å². The first-order chi connectivity index (χ1) is 8.43. The summed E-state index contributed by atoms with van der Waals surface area (Å²) in [5.41, 5.74) is 3.48. The van der Waals surface area contributed by atoms with Gasteiger partial charge in [0.05, 0.1) is 6.10 Å². The van der Waals surface area contributed by atoms with E-state index in [4.69, 9.17) is 0 Å². The minimum absolute atomic E-state index is 0.389. The van der Waals surface area contributed by atoms with Crippen molar-refractivity contribution in [3.8, 4) is 0 Å². The van der Waals surface area contributed by atoms with Gasteiger partial charge in [-0.3, -0.25) is 0 Å². The Morgan fingerprint density at radius 1 is 1.22 bits per heavy atom. The largest absolute Gasteiger partial charge is 0.387 e. The van der Waals surface area contributed by atoms with Gasteiger partial charge in [0.25, 0.3) is 0 Å². The first-order valence-electron chi connectivity index (χ1n) is 6.87. The molecule has 1 aromatic carbocycles. The minimum Gasteiger partial charge on any atom is -0.387 e. The van der Waals surface area contributed by atoms with Gasteiger partial charge in [-0.25, -0.2) is 0 Å². The first kappa shape index (κ1) is 15.2. The van der Waals surface area contributed by atoms with Crippen LogP contribution in [0.2, 0.25) is 0 Å². The molecule has 0 spiro atoms. The van der Waals surface area contributed by atoms with E-state index in [1.165, 1.54) is 17.5 Å². The molecule has 1 N–H and O–H groups in total. The number of rotatable bonds is 6. The summed E-state index contributed by atoms with van der Waals surface area (Å²) in [5, 5.41) is 10.3. The summed E-state index contributed by atoms with van der Waals surface area (Å²) in [6, 6.07) is 6.25. The number of hydrogen-bond acceptors (Lipinski definition) is 2. The molecular weight excluding hydrogens is 222 g/mol. The fourth-order valence-electron chi connectivity index (χ4n) is 2.33. The van der Waals surface area contributed by atoms with Crippen molar-refractivity contribution in [3.63, 3.8) is 0 Å². The van der Waals surface area contributed by atoms with Gasteiger partial charge in [-0.05, 0) is 37.9 Å². The topological polar surface area (TPSA) is 23.5 Å². The van der Waals surface area contributed by atoms with Crippen LogP contribution >= 0.6 is 0 Å². The predicted octanol–water partition coefficient (Wildman–Crippen LogP) is 3.31. The third kappa shape index (κ3) is 4.43. The molecule has 0 aromatic heterocycles. The molecule has 1 aromatic rings. The second kappa shape index (κ2) is 6.91. The van der Waals surface area contributed by atoms with Gasteiger partial charge in [0.1, 0.15) is 0 Å². The van der Waals surface area contributed by atoms with E-state index in [0.717, 1.165) is 12.1 Å². The Labute approximate surface area is 112 Å². The number of aryl methyl sites for hydroxylation is 2. The average Bonchev–Trinajstić information content (AvgIpc) is 2.28. The Bertz CT molecular complexity index is 375. The minimum atomic E-state index is -0.389. The summed E-state index contributed by atoms with van der Waals surface area (Å²) in [7, 11) is 2.08. The van der Waals surface area contributed by atoms with Gasteiger partial charge < -0.3 is 10.0 Å². The molecule has 18 heavy (non-hydrogen) atoms. The van der Waals surface area contributed by atoms with Crippen molar-refractivity contribution in [1.29, 1.82) is 0 Å². The highest BCUT2D eigenvalue weighted by atomic mass is 16.3.